The summed E-state index contributed by atoms with van der Waals surface area (Å²) in [5.74, 6) is 1.74. The lowest BCUT2D eigenvalue weighted by atomic mass is 9.81. The molecule has 0 radical (unpaired) electrons. The van der Waals surface area contributed by atoms with Crippen molar-refractivity contribution in [2.24, 2.45) is 5.92 Å². The van der Waals surface area contributed by atoms with E-state index in [0.717, 1.165) is 43.4 Å². The molecule has 6 heteroatoms. The average molecular weight is 457 g/mol. The van der Waals surface area contributed by atoms with Crippen LogP contribution < -0.4 is 4.74 Å². The molecule has 3 atom stereocenters. The van der Waals surface area contributed by atoms with E-state index in [1.165, 1.54) is 11.1 Å². The molecule has 2 aromatic carbocycles. The van der Waals surface area contributed by atoms with E-state index in [-0.39, 0.29) is 18.6 Å². The zero-order chi connectivity index (χ0) is 22.7. The van der Waals surface area contributed by atoms with Crippen molar-refractivity contribution in [1.82, 2.24) is 9.80 Å². The molecule has 1 amide bonds. The molecule has 172 valence electrons. The smallest absolute Gasteiger partial charge is 0.248 e. The molecule has 4 rings (SSSR count). The summed E-state index contributed by atoms with van der Waals surface area (Å²) in [7, 11) is 1.58. The van der Waals surface area contributed by atoms with Gasteiger partial charge in [0.2, 0.25) is 5.91 Å². The number of carbonyl (C=O) groups is 1. The van der Waals surface area contributed by atoms with Crippen molar-refractivity contribution in [2.75, 3.05) is 33.4 Å². The molecule has 0 spiro atoms. The minimum absolute atomic E-state index is 0.0821. The predicted molar refractivity (Wildman–Crippen MR) is 127 cm³/mol. The van der Waals surface area contributed by atoms with Crippen LogP contribution in [0.4, 0.5) is 0 Å². The number of amides is 1. The molecule has 0 bridgehead atoms. The molecule has 2 aromatic rings. The number of nitrogens with zero attached hydrogens (tertiary/aromatic N) is 2. The van der Waals surface area contributed by atoms with Crippen molar-refractivity contribution in [1.29, 1.82) is 0 Å². The summed E-state index contributed by atoms with van der Waals surface area (Å²) in [6.45, 7) is 7.62. The van der Waals surface area contributed by atoms with Crippen LogP contribution in [0.1, 0.15) is 37.3 Å². The monoisotopic (exact) mass is 456 g/mol. The van der Waals surface area contributed by atoms with Crippen LogP contribution in [0.15, 0.2) is 48.5 Å². The predicted octanol–water partition coefficient (Wildman–Crippen LogP) is 4.59. The van der Waals surface area contributed by atoms with Gasteiger partial charge in [-0.3, -0.25) is 9.69 Å². The first-order chi connectivity index (χ1) is 15.4. The molecular formula is C26H33ClN2O3. The van der Waals surface area contributed by atoms with E-state index >= 15 is 0 Å². The Morgan fingerprint density at radius 1 is 1.16 bits per heavy atom. The van der Waals surface area contributed by atoms with E-state index in [9.17, 15) is 4.79 Å². The summed E-state index contributed by atoms with van der Waals surface area (Å²) in [6, 6.07) is 17.1. The standard InChI is InChI=1S/C26H33ClN2O3/c1-18(2)32-22-9-7-20(8-10-22)23-15-29(14-19-5-4-6-21(27)13-19)25-11-12-28(16-24(23)25)26(30)17-31-3/h4-10,13,18,23-25H,11-12,14-17H2,1-3H3/t23-,24-,25-/m1/s1. The lowest BCUT2D eigenvalue weighted by Crippen LogP contribution is -2.49. The average Bonchev–Trinajstić information content (AvgIpc) is 3.12. The molecule has 5 nitrogen and oxygen atoms in total. The van der Waals surface area contributed by atoms with Crippen molar-refractivity contribution in [3.63, 3.8) is 0 Å². The fraction of sp³-hybridized carbons (Fsp3) is 0.500. The van der Waals surface area contributed by atoms with Crippen LogP contribution in [0.3, 0.4) is 0 Å². The quantitative estimate of drug-likeness (QED) is 0.611. The molecule has 2 saturated heterocycles. The van der Waals surface area contributed by atoms with Gasteiger partial charge < -0.3 is 14.4 Å². The Balaban J connectivity index is 1.56. The number of fused-ring (bicyclic) bond motifs is 1. The topological polar surface area (TPSA) is 42.0 Å². The molecule has 0 unspecified atom stereocenters. The van der Waals surface area contributed by atoms with Crippen molar-refractivity contribution in [2.45, 2.75) is 44.9 Å². The second-order valence-electron chi connectivity index (χ2n) is 9.19. The Morgan fingerprint density at radius 2 is 1.94 bits per heavy atom. The van der Waals surface area contributed by atoms with E-state index in [4.69, 9.17) is 21.1 Å². The Hall–Kier alpha value is -2.08. The highest BCUT2D eigenvalue weighted by atomic mass is 35.5. The van der Waals surface area contributed by atoms with Gasteiger partial charge >= 0.3 is 0 Å². The number of halogens is 1. The molecule has 32 heavy (non-hydrogen) atoms. The molecule has 0 saturated carbocycles. The maximum Gasteiger partial charge on any atom is 0.248 e. The highest BCUT2D eigenvalue weighted by Crippen LogP contribution is 2.42. The molecular weight excluding hydrogens is 424 g/mol. The molecule has 2 fully saturated rings. The number of hydrogen-bond acceptors (Lipinski definition) is 4. The maximum atomic E-state index is 12.5. The summed E-state index contributed by atoms with van der Waals surface area (Å²) in [4.78, 5) is 17.1. The first kappa shape index (κ1) is 23.1. The third-order valence-electron chi connectivity index (χ3n) is 6.61. The lowest BCUT2D eigenvalue weighted by Gasteiger charge is -2.39. The van der Waals surface area contributed by atoms with Gasteiger partial charge in [-0.25, -0.2) is 0 Å². The van der Waals surface area contributed by atoms with Gasteiger partial charge in [0.15, 0.2) is 0 Å². The first-order valence-corrected chi connectivity index (χ1v) is 11.8. The third-order valence-corrected chi connectivity index (χ3v) is 6.85. The molecule has 2 aliphatic rings. The Morgan fingerprint density at radius 3 is 2.62 bits per heavy atom. The van der Waals surface area contributed by atoms with Gasteiger partial charge in [0.1, 0.15) is 12.4 Å². The summed E-state index contributed by atoms with van der Waals surface area (Å²) >= 11 is 6.24. The fourth-order valence-electron chi connectivity index (χ4n) is 5.25. The summed E-state index contributed by atoms with van der Waals surface area (Å²) in [5.41, 5.74) is 2.54. The zero-order valence-corrected chi connectivity index (χ0v) is 19.9. The third kappa shape index (κ3) is 5.28. The summed E-state index contributed by atoms with van der Waals surface area (Å²) in [5, 5.41) is 0.774. The minimum atomic E-state index is 0.0821. The zero-order valence-electron chi connectivity index (χ0n) is 19.2. The Kier molecular flexibility index (Phi) is 7.39. The Bertz CT molecular complexity index is 918. The van der Waals surface area contributed by atoms with Gasteiger partial charge in [0.25, 0.3) is 0 Å². The Labute approximate surface area is 196 Å². The minimum Gasteiger partial charge on any atom is -0.491 e. The first-order valence-electron chi connectivity index (χ1n) is 11.5. The normalized spacial score (nSPS) is 23.4. The van der Waals surface area contributed by atoms with Crippen molar-refractivity contribution < 1.29 is 14.3 Å². The molecule has 2 aliphatic heterocycles. The largest absolute Gasteiger partial charge is 0.491 e. The van der Waals surface area contributed by atoms with E-state index < -0.39 is 0 Å². The van der Waals surface area contributed by atoms with Crippen molar-refractivity contribution >= 4 is 17.5 Å². The lowest BCUT2D eigenvalue weighted by molar-refractivity contribution is -0.137. The number of rotatable bonds is 7. The summed E-state index contributed by atoms with van der Waals surface area (Å²) in [6.07, 6.45) is 1.13. The van der Waals surface area contributed by atoms with Gasteiger partial charge in [0, 0.05) is 56.2 Å². The van der Waals surface area contributed by atoms with Crippen LogP contribution in [-0.4, -0.2) is 61.2 Å². The second-order valence-corrected chi connectivity index (χ2v) is 9.63. The van der Waals surface area contributed by atoms with E-state index in [0.29, 0.717) is 17.9 Å². The number of likely N-dealkylation sites (tertiary alicyclic amines) is 2. The molecule has 2 heterocycles. The summed E-state index contributed by atoms with van der Waals surface area (Å²) < 4.78 is 10.9. The van der Waals surface area contributed by atoms with Gasteiger partial charge in [-0.2, -0.15) is 0 Å². The van der Waals surface area contributed by atoms with Crippen LogP contribution in [0, 0.1) is 5.92 Å². The number of piperidine rings is 1. The molecule has 0 aliphatic carbocycles. The number of methoxy groups -OCH3 is 1. The number of carbonyl (C=O) groups excluding carboxylic acids is 1. The molecule has 0 N–H and O–H groups in total. The van der Waals surface area contributed by atoms with Crippen LogP contribution in [-0.2, 0) is 16.1 Å². The highest BCUT2D eigenvalue weighted by molar-refractivity contribution is 6.30. The van der Waals surface area contributed by atoms with E-state index in [2.05, 4.69) is 41.3 Å². The molecule has 0 aromatic heterocycles. The number of hydrogen-bond donors (Lipinski definition) is 0. The van der Waals surface area contributed by atoms with Gasteiger partial charge in [-0.1, -0.05) is 35.9 Å². The fourth-order valence-corrected chi connectivity index (χ4v) is 5.47. The van der Waals surface area contributed by atoms with E-state index in [1.807, 2.05) is 30.9 Å². The highest BCUT2D eigenvalue weighted by Gasteiger charge is 2.45. The number of benzene rings is 2. The van der Waals surface area contributed by atoms with E-state index in [1.54, 1.807) is 7.11 Å². The van der Waals surface area contributed by atoms with Crippen LogP contribution in [0.25, 0.3) is 0 Å². The maximum absolute atomic E-state index is 12.5. The second kappa shape index (κ2) is 10.2. The van der Waals surface area contributed by atoms with Crippen molar-refractivity contribution in [3.05, 3.63) is 64.7 Å². The van der Waals surface area contributed by atoms with Gasteiger partial charge in [-0.15, -0.1) is 0 Å². The van der Waals surface area contributed by atoms with Gasteiger partial charge in [-0.05, 0) is 55.7 Å². The van der Waals surface area contributed by atoms with Crippen molar-refractivity contribution in [3.8, 4) is 5.75 Å². The van der Waals surface area contributed by atoms with Gasteiger partial charge in [0.05, 0.1) is 6.10 Å². The van der Waals surface area contributed by atoms with Crippen LogP contribution in [0.5, 0.6) is 5.75 Å². The number of ether oxygens (including phenoxy) is 2. The SMILES string of the molecule is COCC(=O)N1CC[C@@H]2[C@H](C1)[C@@H](c1ccc(OC(C)C)cc1)CN2Cc1cccc(Cl)c1. The van der Waals surface area contributed by atoms with Crippen LogP contribution >= 0.6 is 11.6 Å². The van der Waals surface area contributed by atoms with Crippen LogP contribution in [0.2, 0.25) is 5.02 Å².